The number of carbonyl (C=O) groups excluding carboxylic acids is 1. The number of rotatable bonds is 7. The van der Waals surface area contributed by atoms with Gasteiger partial charge < -0.3 is 15.8 Å². The van der Waals surface area contributed by atoms with Crippen molar-refractivity contribution in [1.29, 1.82) is 0 Å². The largest absolute Gasteiger partial charge is 0.378 e. The summed E-state index contributed by atoms with van der Waals surface area (Å²) < 4.78 is 5.95. The van der Waals surface area contributed by atoms with E-state index in [9.17, 15) is 4.79 Å². The average molecular weight is 268 g/mol. The Morgan fingerprint density at radius 3 is 2.74 bits per heavy atom. The fraction of sp³-hybridized carbons (Fsp3) is 0.933. The van der Waals surface area contributed by atoms with Gasteiger partial charge in [0.15, 0.2) is 0 Å². The van der Waals surface area contributed by atoms with Gasteiger partial charge in [0.2, 0.25) is 5.91 Å². The summed E-state index contributed by atoms with van der Waals surface area (Å²) in [6, 6.07) is 0.502. The molecule has 0 radical (unpaired) electrons. The molecule has 19 heavy (non-hydrogen) atoms. The van der Waals surface area contributed by atoms with Crippen molar-refractivity contribution in [2.75, 3.05) is 6.61 Å². The van der Waals surface area contributed by atoms with Gasteiger partial charge in [0.25, 0.3) is 0 Å². The van der Waals surface area contributed by atoms with Crippen LogP contribution in [0.4, 0.5) is 0 Å². The molecule has 0 aromatic heterocycles. The highest BCUT2D eigenvalue weighted by molar-refractivity contribution is 5.85. The van der Waals surface area contributed by atoms with Crippen LogP contribution in [-0.2, 0) is 9.53 Å². The topological polar surface area (TPSA) is 64.3 Å². The van der Waals surface area contributed by atoms with Crippen molar-refractivity contribution in [3.05, 3.63) is 0 Å². The zero-order chi connectivity index (χ0) is 13.9. The molecule has 0 spiro atoms. The van der Waals surface area contributed by atoms with Gasteiger partial charge in [-0.05, 0) is 44.4 Å². The molecule has 2 unspecified atom stereocenters. The fourth-order valence-corrected chi connectivity index (χ4v) is 2.88. The van der Waals surface area contributed by atoms with Gasteiger partial charge in [-0.1, -0.05) is 13.8 Å². The number of nitrogens with one attached hydrogen (secondary N) is 1. The smallest absolute Gasteiger partial charge is 0.237 e. The van der Waals surface area contributed by atoms with E-state index in [-0.39, 0.29) is 12.0 Å². The number of primary amides is 1. The summed E-state index contributed by atoms with van der Waals surface area (Å²) in [6.45, 7) is 5.19. The van der Waals surface area contributed by atoms with E-state index in [0.29, 0.717) is 12.0 Å². The Labute approximate surface area is 116 Å². The minimum atomic E-state index is -0.512. The first-order chi connectivity index (χ1) is 9.02. The van der Waals surface area contributed by atoms with Crippen molar-refractivity contribution in [3.63, 3.8) is 0 Å². The molecule has 2 rings (SSSR count). The first-order valence-electron chi connectivity index (χ1n) is 7.71. The van der Waals surface area contributed by atoms with E-state index < -0.39 is 5.54 Å². The lowest BCUT2D eigenvalue weighted by Gasteiger charge is -2.39. The molecule has 3 N–H and O–H groups in total. The summed E-state index contributed by atoms with van der Waals surface area (Å²) in [5, 5.41) is 3.48. The lowest BCUT2D eigenvalue weighted by Crippen LogP contribution is -2.59. The zero-order valence-corrected chi connectivity index (χ0v) is 12.3. The van der Waals surface area contributed by atoms with E-state index in [1.165, 1.54) is 12.8 Å². The number of carbonyl (C=O) groups is 1. The molecule has 2 aliphatic rings. The molecule has 0 bridgehead atoms. The first kappa shape index (κ1) is 14.8. The number of nitrogens with two attached hydrogens (primary N) is 1. The van der Waals surface area contributed by atoms with Crippen molar-refractivity contribution in [1.82, 2.24) is 5.32 Å². The molecule has 1 amide bonds. The van der Waals surface area contributed by atoms with Gasteiger partial charge in [-0.25, -0.2) is 0 Å². The lowest BCUT2D eigenvalue weighted by atomic mass is 9.79. The molecule has 0 saturated heterocycles. The summed E-state index contributed by atoms with van der Waals surface area (Å²) in [7, 11) is 0. The standard InChI is InChI=1S/C15H28N2O2/c1-11(2)7-9-19-13-4-3-8-15(10-13,14(16)18)17-12-5-6-12/h11-13,17H,3-10H2,1-2H3,(H2,16,18). The predicted molar refractivity (Wildman–Crippen MR) is 75.7 cm³/mol. The van der Waals surface area contributed by atoms with Crippen LogP contribution in [0.15, 0.2) is 0 Å². The second-order valence-electron chi connectivity index (χ2n) is 6.64. The van der Waals surface area contributed by atoms with Crippen LogP contribution in [0, 0.1) is 5.92 Å². The Bertz CT molecular complexity index is 315. The van der Waals surface area contributed by atoms with Crippen LogP contribution in [0.5, 0.6) is 0 Å². The van der Waals surface area contributed by atoms with Gasteiger partial charge in [0.05, 0.1) is 6.10 Å². The molecule has 0 aromatic rings. The van der Waals surface area contributed by atoms with E-state index in [2.05, 4.69) is 19.2 Å². The second kappa shape index (κ2) is 6.23. The normalized spacial score (nSPS) is 31.6. The SMILES string of the molecule is CC(C)CCOC1CCCC(NC2CC2)(C(N)=O)C1. The Balaban J connectivity index is 1.87. The maximum absolute atomic E-state index is 11.9. The summed E-state index contributed by atoms with van der Waals surface area (Å²) >= 11 is 0. The van der Waals surface area contributed by atoms with Crippen LogP contribution in [0.1, 0.15) is 58.8 Å². The zero-order valence-electron chi connectivity index (χ0n) is 12.3. The third kappa shape index (κ3) is 4.18. The van der Waals surface area contributed by atoms with Gasteiger partial charge in [-0.2, -0.15) is 0 Å². The van der Waals surface area contributed by atoms with E-state index >= 15 is 0 Å². The highest BCUT2D eigenvalue weighted by atomic mass is 16.5. The number of hydrogen-bond acceptors (Lipinski definition) is 3. The maximum Gasteiger partial charge on any atom is 0.237 e. The molecular weight excluding hydrogens is 240 g/mol. The van der Waals surface area contributed by atoms with Crippen LogP contribution < -0.4 is 11.1 Å². The van der Waals surface area contributed by atoms with Crippen molar-refractivity contribution >= 4 is 5.91 Å². The van der Waals surface area contributed by atoms with Gasteiger partial charge in [-0.3, -0.25) is 4.79 Å². The van der Waals surface area contributed by atoms with Crippen LogP contribution in [0.3, 0.4) is 0 Å². The second-order valence-corrected chi connectivity index (χ2v) is 6.64. The third-order valence-corrected chi connectivity index (χ3v) is 4.28. The van der Waals surface area contributed by atoms with E-state index in [0.717, 1.165) is 38.7 Å². The Kier molecular flexibility index (Phi) is 4.85. The number of hydrogen-bond donors (Lipinski definition) is 2. The minimum Gasteiger partial charge on any atom is -0.378 e. The molecule has 2 fully saturated rings. The van der Waals surface area contributed by atoms with Crippen molar-refractivity contribution in [2.24, 2.45) is 11.7 Å². The monoisotopic (exact) mass is 268 g/mol. The van der Waals surface area contributed by atoms with E-state index in [4.69, 9.17) is 10.5 Å². The van der Waals surface area contributed by atoms with Crippen molar-refractivity contribution < 1.29 is 9.53 Å². The summed E-state index contributed by atoms with van der Waals surface area (Å²) in [4.78, 5) is 11.9. The Morgan fingerprint density at radius 2 is 2.16 bits per heavy atom. The minimum absolute atomic E-state index is 0.186. The van der Waals surface area contributed by atoms with Gasteiger partial charge in [0.1, 0.15) is 5.54 Å². The van der Waals surface area contributed by atoms with Gasteiger partial charge in [-0.15, -0.1) is 0 Å². The summed E-state index contributed by atoms with van der Waals surface area (Å²) in [5.74, 6) is 0.464. The summed E-state index contributed by atoms with van der Waals surface area (Å²) in [6.07, 6.45) is 7.30. The van der Waals surface area contributed by atoms with Crippen LogP contribution in [0.2, 0.25) is 0 Å². The highest BCUT2D eigenvalue weighted by Gasteiger charge is 2.44. The molecule has 0 aliphatic heterocycles. The van der Waals surface area contributed by atoms with Gasteiger partial charge in [0, 0.05) is 19.1 Å². The van der Waals surface area contributed by atoms with Crippen molar-refractivity contribution in [3.8, 4) is 0 Å². The van der Waals surface area contributed by atoms with Crippen LogP contribution in [0.25, 0.3) is 0 Å². The molecule has 2 atom stereocenters. The third-order valence-electron chi connectivity index (χ3n) is 4.28. The lowest BCUT2D eigenvalue weighted by molar-refractivity contribution is -0.128. The molecule has 2 saturated carbocycles. The molecule has 2 aliphatic carbocycles. The van der Waals surface area contributed by atoms with Gasteiger partial charge >= 0.3 is 0 Å². The summed E-state index contributed by atoms with van der Waals surface area (Å²) in [5.41, 5.74) is 5.15. The average Bonchev–Trinajstić information content (AvgIpc) is 3.12. The van der Waals surface area contributed by atoms with Crippen LogP contribution >= 0.6 is 0 Å². The first-order valence-corrected chi connectivity index (χ1v) is 7.71. The maximum atomic E-state index is 11.9. The molecule has 0 heterocycles. The molecular formula is C15H28N2O2. The quantitative estimate of drug-likeness (QED) is 0.742. The van der Waals surface area contributed by atoms with E-state index in [1.807, 2.05) is 0 Å². The Morgan fingerprint density at radius 1 is 1.42 bits per heavy atom. The highest BCUT2D eigenvalue weighted by Crippen LogP contribution is 2.34. The Hall–Kier alpha value is -0.610. The molecule has 4 nitrogen and oxygen atoms in total. The fourth-order valence-electron chi connectivity index (χ4n) is 2.88. The van der Waals surface area contributed by atoms with Crippen LogP contribution in [-0.4, -0.2) is 30.2 Å². The van der Waals surface area contributed by atoms with E-state index in [1.54, 1.807) is 0 Å². The molecule has 110 valence electrons. The predicted octanol–water partition coefficient (Wildman–Crippen LogP) is 1.97. The van der Waals surface area contributed by atoms with Crippen molar-refractivity contribution in [2.45, 2.75) is 76.5 Å². The molecule has 0 aromatic carbocycles. The molecule has 4 heteroatoms. The number of ether oxygens (including phenoxy) is 1. The number of amides is 1.